The lowest BCUT2D eigenvalue weighted by molar-refractivity contribution is -0.145. The lowest BCUT2D eigenvalue weighted by Crippen LogP contribution is -2.53. The van der Waals surface area contributed by atoms with Crippen LogP contribution >= 0.6 is 0 Å². The molecule has 1 aromatic carbocycles. The zero-order valence-electron chi connectivity index (χ0n) is 16.7. The van der Waals surface area contributed by atoms with Gasteiger partial charge in [0.15, 0.2) is 5.78 Å². The number of likely N-dealkylation sites (tertiary alicyclic amines) is 2. The van der Waals surface area contributed by atoms with Crippen molar-refractivity contribution in [3.8, 4) is 0 Å². The van der Waals surface area contributed by atoms with Crippen LogP contribution in [0.15, 0.2) is 24.3 Å². The van der Waals surface area contributed by atoms with Gasteiger partial charge in [-0.3, -0.25) is 33.8 Å². The van der Waals surface area contributed by atoms with E-state index in [9.17, 15) is 24.0 Å². The van der Waals surface area contributed by atoms with Crippen molar-refractivity contribution < 1.29 is 24.0 Å². The van der Waals surface area contributed by atoms with Gasteiger partial charge in [-0.2, -0.15) is 0 Å². The van der Waals surface area contributed by atoms with Crippen LogP contribution in [0.2, 0.25) is 0 Å². The summed E-state index contributed by atoms with van der Waals surface area (Å²) >= 11 is 0. The summed E-state index contributed by atoms with van der Waals surface area (Å²) in [6, 6.07) is 7.19. The van der Waals surface area contributed by atoms with Gasteiger partial charge in [0.1, 0.15) is 5.41 Å². The van der Waals surface area contributed by atoms with Gasteiger partial charge in [0.25, 0.3) is 0 Å². The topological polar surface area (TPSA) is 108 Å². The summed E-state index contributed by atoms with van der Waals surface area (Å²) < 4.78 is 0. The molecule has 2 aromatic rings. The summed E-state index contributed by atoms with van der Waals surface area (Å²) in [5, 5.41) is 0.662. The Hall–Kier alpha value is -3.29. The number of para-hydroxylation sites is 1. The Morgan fingerprint density at radius 1 is 0.933 bits per heavy atom. The fraction of sp³-hybridized carbons (Fsp3) is 0.409. The summed E-state index contributed by atoms with van der Waals surface area (Å²) in [5.41, 5.74) is -0.235. The number of carbonyl (C=O) groups is 5. The van der Waals surface area contributed by atoms with Gasteiger partial charge in [0.2, 0.25) is 23.6 Å². The third-order valence-corrected chi connectivity index (χ3v) is 6.93. The average molecular weight is 407 g/mol. The summed E-state index contributed by atoms with van der Waals surface area (Å²) in [6.45, 7) is 3.74. The lowest BCUT2D eigenvalue weighted by atomic mass is 9.59. The van der Waals surface area contributed by atoms with Crippen molar-refractivity contribution in [2.45, 2.75) is 32.1 Å². The number of aromatic amines is 1. The third-order valence-electron chi connectivity index (χ3n) is 6.93. The molecule has 0 radical (unpaired) electrons. The molecule has 1 aliphatic carbocycles. The molecular formula is C22H21N3O5. The van der Waals surface area contributed by atoms with Gasteiger partial charge in [0.05, 0.1) is 11.8 Å². The largest absolute Gasteiger partial charge is 0.357 e. The summed E-state index contributed by atoms with van der Waals surface area (Å²) in [4.78, 5) is 71.4. The van der Waals surface area contributed by atoms with Crippen LogP contribution < -0.4 is 0 Å². The Morgan fingerprint density at radius 2 is 1.57 bits per heavy atom. The van der Waals surface area contributed by atoms with Gasteiger partial charge < -0.3 is 4.98 Å². The molecule has 4 amide bonds. The fourth-order valence-electron chi connectivity index (χ4n) is 5.65. The van der Waals surface area contributed by atoms with E-state index in [1.807, 2.05) is 6.07 Å². The highest BCUT2D eigenvalue weighted by Crippen LogP contribution is 2.55. The van der Waals surface area contributed by atoms with Crippen molar-refractivity contribution in [1.29, 1.82) is 0 Å². The number of aromatic nitrogens is 1. The van der Waals surface area contributed by atoms with Crippen LogP contribution in [0.3, 0.4) is 0 Å². The number of H-pyrrole nitrogens is 1. The number of hydrogen-bond donors (Lipinski definition) is 1. The van der Waals surface area contributed by atoms with E-state index >= 15 is 0 Å². The first-order chi connectivity index (χ1) is 14.4. The quantitative estimate of drug-likeness (QED) is 0.774. The molecule has 3 aliphatic rings. The van der Waals surface area contributed by atoms with Crippen LogP contribution in [0.5, 0.6) is 0 Å². The minimum Gasteiger partial charge on any atom is -0.357 e. The number of Topliss-reactive ketones (excluding diaryl/α,β-unsaturated/α-hetero) is 1. The number of benzene rings is 1. The molecule has 1 aromatic heterocycles. The third kappa shape index (κ3) is 1.98. The van der Waals surface area contributed by atoms with Gasteiger partial charge in [-0.25, -0.2) is 0 Å². The summed E-state index contributed by atoms with van der Waals surface area (Å²) in [7, 11) is 0. The minimum absolute atomic E-state index is 0.145. The van der Waals surface area contributed by atoms with Crippen molar-refractivity contribution in [3.63, 3.8) is 0 Å². The zero-order chi connectivity index (χ0) is 21.4. The van der Waals surface area contributed by atoms with Crippen molar-refractivity contribution >= 4 is 40.3 Å². The first-order valence-electron chi connectivity index (χ1n) is 10.2. The van der Waals surface area contributed by atoms with Gasteiger partial charge in [-0.05, 0) is 19.9 Å². The molecule has 3 atom stereocenters. The molecule has 2 saturated heterocycles. The smallest absolute Gasteiger partial charge is 0.243 e. The second-order valence-electron chi connectivity index (χ2n) is 8.09. The Morgan fingerprint density at radius 3 is 2.23 bits per heavy atom. The molecule has 2 aliphatic heterocycles. The average Bonchev–Trinajstić information content (AvgIpc) is 3.32. The lowest BCUT2D eigenvalue weighted by Gasteiger charge is -2.38. The SMILES string of the molecule is CCN1C(=O)CC([C@@]23C(=O)N(CC)C(=O)[C@@H]2CC(=O)c2c3[nH]c3ccccc23)C1=O. The van der Waals surface area contributed by atoms with Crippen LogP contribution in [-0.4, -0.2) is 57.3 Å². The molecule has 0 spiro atoms. The number of likely N-dealkylation sites (N-methyl/N-ethyl adjacent to an activating group) is 1. The van der Waals surface area contributed by atoms with E-state index < -0.39 is 35.0 Å². The number of hydrogen-bond acceptors (Lipinski definition) is 5. The van der Waals surface area contributed by atoms with Crippen LogP contribution in [0.1, 0.15) is 42.7 Å². The van der Waals surface area contributed by atoms with Crippen LogP contribution in [-0.2, 0) is 24.6 Å². The molecule has 3 heterocycles. The monoisotopic (exact) mass is 407 g/mol. The molecule has 30 heavy (non-hydrogen) atoms. The Labute approximate surface area is 172 Å². The summed E-state index contributed by atoms with van der Waals surface area (Å²) in [5.74, 6) is -3.98. The highest BCUT2D eigenvalue weighted by Gasteiger charge is 2.70. The van der Waals surface area contributed by atoms with Gasteiger partial charge in [-0.15, -0.1) is 0 Å². The van der Waals surface area contributed by atoms with Crippen molar-refractivity contribution in [2.24, 2.45) is 11.8 Å². The van der Waals surface area contributed by atoms with E-state index in [1.165, 1.54) is 0 Å². The number of carbonyl (C=O) groups excluding carboxylic acids is 5. The molecule has 1 unspecified atom stereocenters. The first-order valence-corrected chi connectivity index (χ1v) is 10.2. The van der Waals surface area contributed by atoms with E-state index in [-0.39, 0.29) is 37.6 Å². The van der Waals surface area contributed by atoms with E-state index in [2.05, 4.69) is 4.98 Å². The molecule has 5 rings (SSSR count). The molecule has 0 bridgehead atoms. The van der Waals surface area contributed by atoms with Gasteiger partial charge in [-0.1, -0.05) is 18.2 Å². The number of nitrogens with zero attached hydrogens (tertiary/aromatic N) is 2. The van der Waals surface area contributed by atoms with E-state index in [1.54, 1.807) is 32.0 Å². The summed E-state index contributed by atoms with van der Waals surface area (Å²) in [6.07, 6.45) is -0.303. The minimum atomic E-state index is -1.56. The Bertz CT molecular complexity index is 1160. The highest BCUT2D eigenvalue weighted by atomic mass is 16.2. The van der Waals surface area contributed by atoms with E-state index in [0.29, 0.717) is 22.2 Å². The highest BCUT2D eigenvalue weighted by molar-refractivity contribution is 6.22. The molecule has 2 fully saturated rings. The van der Waals surface area contributed by atoms with Crippen molar-refractivity contribution in [1.82, 2.24) is 14.8 Å². The van der Waals surface area contributed by atoms with Crippen LogP contribution in [0.4, 0.5) is 0 Å². The second-order valence-corrected chi connectivity index (χ2v) is 8.09. The molecule has 8 nitrogen and oxygen atoms in total. The standard InChI is InChI=1S/C22H21N3O5/c1-3-24-16(27)10-13(19(24)28)22-12(20(29)25(4-2)21(22)30)9-15(26)17-11-7-5-6-8-14(11)23-18(17)22/h5-8,12-13,23H,3-4,9-10H2,1-2H3/t12-,13?,22-/m0/s1. The zero-order valence-corrected chi connectivity index (χ0v) is 16.7. The maximum atomic E-state index is 13.8. The molecule has 154 valence electrons. The van der Waals surface area contributed by atoms with Crippen molar-refractivity contribution in [2.75, 3.05) is 13.1 Å². The number of imide groups is 2. The maximum Gasteiger partial charge on any atom is 0.243 e. The maximum absolute atomic E-state index is 13.8. The molecule has 8 heteroatoms. The molecule has 1 N–H and O–H groups in total. The predicted octanol–water partition coefficient (Wildman–Crippen LogP) is 1.39. The number of nitrogens with one attached hydrogen (secondary N) is 1. The number of fused-ring (bicyclic) bond motifs is 5. The number of amides is 4. The second kappa shape index (κ2) is 6.10. The fourth-order valence-corrected chi connectivity index (χ4v) is 5.65. The van der Waals surface area contributed by atoms with Gasteiger partial charge in [0, 0.05) is 48.1 Å². The van der Waals surface area contributed by atoms with Crippen LogP contribution in [0.25, 0.3) is 10.9 Å². The van der Waals surface area contributed by atoms with Crippen LogP contribution in [0, 0.1) is 11.8 Å². The number of rotatable bonds is 3. The van der Waals surface area contributed by atoms with E-state index in [4.69, 9.17) is 0 Å². The number of ketones is 1. The van der Waals surface area contributed by atoms with Crippen molar-refractivity contribution in [3.05, 3.63) is 35.5 Å². The van der Waals surface area contributed by atoms with Gasteiger partial charge >= 0.3 is 0 Å². The Balaban J connectivity index is 1.85. The normalized spacial score (nSPS) is 28.7. The molecular weight excluding hydrogens is 386 g/mol. The predicted molar refractivity (Wildman–Crippen MR) is 105 cm³/mol. The Kier molecular flexibility index (Phi) is 3.81. The molecule has 0 saturated carbocycles. The van der Waals surface area contributed by atoms with E-state index in [0.717, 1.165) is 9.80 Å². The first kappa shape index (κ1) is 18.7.